The number of hydrogen-bond donors (Lipinski definition) is 1. The average Bonchev–Trinajstić information content (AvgIpc) is 3.03. The third kappa shape index (κ3) is 6.37. The number of benzene rings is 4. The number of likely N-dealkylation sites (N-methyl/N-ethyl adjacent to an activating group) is 1. The molecule has 1 aromatic heterocycles. The number of halogens is 2. The summed E-state index contributed by atoms with van der Waals surface area (Å²) in [6, 6.07) is 21.6. The molecule has 1 N–H and O–H groups in total. The highest BCUT2D eigenvalue weighted by atomic mass is 32.2. The van der Waals surface area contributed by atoms with Gasteiger partial charge in [-0.15, -0.1) is 0 Å². The molecule has 0 radical (unpaired) electrons. The van der Waals surface area contributed by atoms with Crippen molar-refractivity contribution in [2.45, 2.75) is 31.2 Å². The molecule has 6 rings (SSSR count). The minimum Gasteiger partial charge on any atom is -0.379 e. The van der Waals surface area contributed by atoms with Gasteiger partial charge >= 0.3 is 0 Å². The Kier molecular flexibility index (Phi) is 9.00. The molecule has 10 heteroatoms. The summed E-state index contributed by atoms with van der Waals surface area (Å²) in [6.07, 6.45) is 0.179. The van der Waals surface area contributed by atoms with Crippen molar-refractivity contribution in [3.63, 3.8) is 0 Å². The van der Waals surface area contributed by atoms with Crippen LogP contribution in [0, 0.1) is 25.5 Å². The minimum atomic E-state index is -1.37. The van der Waals surface area contributed by atoms with Gasteiger partial charge < -0.3 is 10.1 Å². The lowest BCUT2D eigenvalue weighted by molar-refractivity contribution is 0.0752. The number of aryl methyl sites for hydroxylation is 2. The standard InChI is InChI=1S/C35H34F2N4O3S/c1-22-5-4-6-23(2)33(22)25-7-12-30-31(20-25)39-34(32(38-3)19-24-17-26(36)21-27(37)18-24)41(35(30)42)28-8-10-29(11-9-28)45(43)40-13-15-44-16-14-40/h4-12,17-18,20-21,32,38H,13-16,19H2,1-3H3. The van der Waals surface area contributed by atoms with Gasteiger partial charge in [0, 0.05) is 19.2 Å². The average molecular weight is 629 g/mol. The minimum absolute atomic E-state index is 0.179. The summed E-state index contributed by atoms with van der Waals surface area (Å²) < 4.78 is 50.3. The van der Waals surface area contributed by atoms with Gasteiger partial charge in [-0.3, -0.25) is 9.36 Å². The summed E-state index contributed by atoms with van der Waals surface area (Å²) in [5.74, 6) is -0.961. The van der Waals surface area contributed by atoms with E-state index in [-0.39, 0.29) is 12.0 Å². The maximum Gasteiger partial charge on any atom is 0.266 e. The molecule has 5 aromatic rings. The number of rotatable bonds is 8. The van der Waals surface area contributed by atoms with Crippen molar-refractivity contribution in [3.8, 4) is 16.8 Å². The smallest absolute Gasteiger partial charge is 0.266 e. The van der Waals surface area contributed by atoms with E-state index in [0.29, 0.717) is 59.2 Å². The predicted octanol–water partition coefficient (Wildman–Crippen LogP) is 5.81. The molecule has 232 valence electrons. The lowest BCUT2D eigenvalue weighted by Crippen LogP contribution is -2.37. The Morgan fingerprint density at radius 3 is 2.24 bits per heavy atom. The van der Waals surface area contributed by atoms with Crippen molar-refractivity contribution in [2.24, 2.45) is 0 Å². The van der Waals surface area contributed by atoms with Crippen LogP contribution in [0.2, 0.25) is 0 Å². The van der Waals surface area contributed by atoms with Crippen LogP contribution in [0.25, 0.3) is 27.7 Å². The van der Waals surface area contributed by atoms with Crippen LogP contribution in [-0.2, 0) is 22.1 Å². The van der Waals surface area contributed by atoms with E-state index < -0.39 is 28.7 Å². The Morgan fingerprint density at radius 1 is 0.933 bits per heavy atom. The highest BCUT2D eigenvalue weighted by molar-refractivity contribution is 7.82. The van der Waals surface area contributed by atoms with Crippen LogP contribution in [0.4, 0.5) is 8.78 Å². The molecule has 0 bridgehead atoms. The van der Waals surface area contributed by atoms with Gasteiger partial charge in [0.25, 0.3) is 5.56 Å². The van der Waals surface area contributed by atoms with Crippen molar-refractivity contribution >= 4 is 21.9 Å². The topological polar surface area (TPSA) is 76.5 Å². The van der Waals surface area contributed by atoms with Crippen LogP contribution in [0.15, 0.2) is 88.6 Å². The van der Waals surface area contributed by atoms with Crippen molar-refractivity contribution in [1.29, 1.82) is 0 Å². The highest BCUT2D eigenvalue weighted by Crippen LogP contribution is 2.30. The number of fused-ring (bicyclic) bond motifs is 1. The molecule has 0 saturated carbocycles. The fourth-order valence-electron chi connectivity index (χ4n) is 5.97. The van der Waals surface area contributed by atoms with Crippen molar-refractivity contribution in [3.05, 3.63) is 123 Å². The van der Waals surface area contributed by atoms with Gasteiger partial charge in [0.1, 0.15) is 28.4 Å². The molecule has 2 heterocycles. The Morgan fingerprint density at radius 2 is 1.60 bits per heavy atom. The van der Waals surface area contributed by atoms with E-state index in [1.54, 1.807) is 37.4 Å². The number of ether oxygens (including phenoxy) is 1. The molecule has 0 spiro atoms. The first-order valence-corrected chi connectivity index (χ1v) is 15.9. The zero-order chi connectivity index (χ0) is 31.7. The number of morpholine rings is 1. The number of aromatic nitrogens is 2. The van der Waals surface area contributed by atoms with Crippen LogP contribution >= 0.6 is 0 Å². The third-order valence-electron chi connectivity index (χ3n) is 8.19. The zero-order valence-electron chi connectivity index (χ0n) is 25.3. The van der Waals surface area contributed by atoms with E-state index in [2.05, 4.69) is 5.32 Å². The van der Waals surface area contributed by atoms with Gasteiger partial charge in [-0.05, 0) is 104 Å². The zero-order valence-corrected chi connectivity index (χ0v) is 26.2. The van der Waals surface area contributed by atoms with Crippen molar-refractivity contribution in [1.82, 2.24) is 19.2 Å². The SMILES string of the molecule is CNC(Cc1cc(F)cc(F)c1)c1nc2cc(-c3c(C)cccc3C)ccc2c(=O)n1-c1ccc(S(=O)N2CCOCC2)cc1. The number of hydrogen-bond acceptors (Lipinski definition) is 5. The molecule has 4 aromatic carbocycles. The first-order chi connectivity index (χ1) is 21.7. The first-order valence-electron chi connectivity index (χ1n) is 14.8. The van der Waals surface area contributed by atoms with Crippen LogP contribution in [0.3, 0.4) is 0 Å². The van der Waals surface area contributed by atoms with E-state index in [1.165, 1.54) is 16.7 Å². The van der Waals surface area contributed by atoms with Crippen LogP contribution in [0.5, 0.6) is 0 Å². The molecule has 1 aliphatic rings. The maximum atomic E-state index is 14.3. The van der Waals surface area contributed by atoms with Gasteiger partial charge in [0.2, 0.25) is 0 Å². The van der Waals surface area contributed by atoms with Gasteiger partial charge in [0.15, 0.2) is 0 Å². The van der Waals surface area contributed by atoms with Gasteiger partial charge in [0.05, 0.1) is 40.7 Å². The summed E-state index contributed by atoms with van der Waals surface area (Å²) in [4.78, 5) is 19.9. The molecule has 1 fully saturated rings. The molecule has 0 aliphatic carbocycles. The fraction of sp³-hybridized carbons (Fsp3) is 0.257. The second kappa shape index (κ2) is 13.1. The summed E-state index contributed by atoms with van der Waals surface area (Å²) in [5, 5.41) is 3.64. The van der Waals surface area contributed by atoms with Crippen molar-refractivity contribution in [2.75, 3.05) is 33.4 Å². The summed E-state index contributed by atoms with van der Waals surface area (Å²) in [5.41, 5.74) is 5.44. The second-order valence-electron chi connectivity index (χ2n) is 11.2. The van der Waals surface area contributed by atoms with E-state index in [4.69, 9.17) is 9.72 Å². The molecule has 2 atom stereocenters. The van der Waals surface area contributed by atoms with Gasteiger partial charge in [-0.2, -0.15) is 0 Å². The molecular weight excluding hydrogens is 594 g/mol. The lowest BCUT2D eigenvalue weighted by Gasteiger charge is -2.25. The van der Waals surface area contributed by atoms with E-state index >= 15 is 0 Å². The quantitative estimate of drug-likeness (QED) is 0.235. The monoisotopic (exact) mass is 628 g/mol. The number of nitrogens with zero attached hydrogens (tertiary/aromatic N) is 3. The Balaban J connectivity index is 1.49. The molecular formula is C35H34F2N4O3S. The van der Waals surface area contributed by atoms with Crippen molar-refractivity contribution < 1.29 is 17.7 Å². The normalized spacial score (nSPS) is 15.3. The lowest BCUT2D eigenvalue weighted by atomic mass is 9.95. The molecule has 0 amide bonds. The third-order valence-corrected chi connectivity index (χ3v) is 9.70. The fourth-order valence-corrected chi connectivity index (χ4v) is 7.12. The Bertz CT molecular complexity index is 1920. The Labute approximate surface area is 263 Å². The first kappa shape index (κ1) is 30.9. The van der Waals surface area contributed by atoms with Crippen LogP contribution in [0.1, 0.15) is 28.6 Å². The van der Waals surface area contributed by atoms with E-state index in [0.717, 1.165) is 28.3 Å². The predicted molar refractivity (Wildman–Crippen MR) is 173 cm³/mol. The molecule has 1 aliphatic heterocycles. The summed E-state index contributed by atoms with van der Waals surface area (Å²) in [6.45, 7) is 6.29. The molecule has 2 unspecified atom stereocenters. The second-order valence-corrected chi connectivity index (χ2v) is 12.7. The highest BCUT2D eigenvalue weighted by Gasteiger charge is 2.23. The van der Waals surface area contributed by atoms with E-state index in [1.807, 2.05) is 48.5 Å². The summed E-state index contributed by atoms with van der Waals surface area (Å²) in [7, 11) is 0.358. The molecule has 1 saturated heterocycles. The van der Waals surface area contributed by atoms with Crippen LogP contribution in [-0.4, -0.2) is 51.4 Å². The maximum absolute atomic E-state index is 14.3. The Hall–Kier alpha value is -4.09. The molecule has 45 heavy (non-hydrogen) atoms. The van der Waals surface area contributed by atoms with E-state index in [9.17, 15) is 17.8 Å². The number of nitrogens with one attached hydrogen (secondary N) is 1. The summed E-state index contributed by atoms with van der Waals surface area (Å²) >= 11 is 0. The largest absolute Gasteiger partial charge is 0.379 e. The molecule has 7 nitrogen and oxygen atoms in total. The van der Waals surface area contributed by atoms with Gasteiger partial charge in [-0.25, -0.2) is 22.3 Å². The van der Waals surface area contributed by atoms with Gasteiger partial charge in [-0.1, -0.05) is 24.3 Å². The van der Waals surface area contributed by atoms with Crippen LogP contribution < -0.4 is 10.9 Å².